The molecule has 0 aliphatic heterocycles. The van der Waals surface area contributed by atoms with Gasteiger partial charge < -0.3 is 9.73 Å². The Kier molecular flexibility index (Phi) is 7.83. The molecule has 0 saturated heterocycles. The summed E-state index contributed by atoms with van der Waals surface area (Å²) < 4.78 is 5.94. The summed E-state index contributed by atoms with van der Waals surface area (Å²) in [5, 5.41) is 5.00. The summed E-state index contributed by atoms with van der Waals surface area (Å²) in [6.07, 6.45) is 0.904. The first-order chi connectivity index (χ1) is 16.9. The maximum absolute atomic E-state index is 13.8. The van der Waals surface area contributed by atoms with Crippen LogP contribution in [0.15, 0.2) is 82.6 Å². The average Bonchev–Trinajstić information content (AvgIpc) is 3.51. The first kappa shape index (κ1) is 24.5. The van der Waals surface area contributed by atoms with E-state index in [1.54, 1.807) is 11.0 Å². The van der Waals surface area contributed by atoms with Crippen LogP contribution in [0, 0.1) is 20.8 Å². The molecule has 0 aliphatic rings. The van der Waals surface area contributed by atoms with E-state index < -0.39 is 6.04 Å². The van der Waals surface area contributed by atoms with E-state index >= 15 is 0 Å². The second-order valence-electron chi connectivity index (χ2n) is 8.62. The van der Waals surface area contributed by atoms with Gasteiger partial charge >= 0.3 is 0 Å². The van der Waals surface area contributed by atoms with E-state index in [0.29, 0.717) is 30.2 Å². The summed E-state index contributed by atoms with van der Waals surface area (Å²) in [7, 11) is 0. The molecule has 0 saturated carbocycles. The van der Waals surface area contributed by atoms with Crippen molar-refractivity contribution >= 4 is 28.8 Å². The number of carbonyl (C=O) groups excluding carboxylic acids is 2. The first-order valence-corrected chi connectivity index (χ1v) is 12.6. The summed E-state index contributed by atoms with van der Waals surface area (Å²) >= 11 is 1.53. The number of rotatable bonds is 9. The fraction of sp³-hybridized carbons (Fsp3) is 0.241. The molecule has 2 amide bonds. The van der Waals surface area contributed by atoms with Gasteiger partial charge in [-0.1, -0.05) is 48.5 Å². The lowest BCUT2D eigenvalue weighted by molar-refractivity contribution is -0.126. The number of anilines is 1. The van der Waals surface area contributed by atoms with E-state index in [9.17, 15) is 9.59 Å². The number of amides is 2. The first-order valence-electron chi connectivity index (χ1n) is 11.7. The molecule has 4 rings (SSSR count). The third-order valence-electron chi connectivity index (χ3n) is 6.10. The fourth-order valence-corrected chi connectivity index (χ4v) is 4.80. The Labute approximate surface area is 210 Å². The molecule has 2 heterocycles. The molecule has 0 unspecified atom stereocenters. The molecular weight excluding hydrogens is 456 g/mol. The number of nitrogens with zero attached hydrogens (tertiary/aromatic N) is 1. The van der Waals surface area contributed by atoms with Gasteiger partial charge in [-0.05, 0) is 73.5 Å². The zero-order chi connectivity index (χ0) is 24.8. The van der Waals surface area contributed by atoms with Crippen LogP contribution in [-0.2, 0) is 22.4 Å². The van der Waals surface area contributed by atoms with Crippen LogP contribution in [0.3, 0.4) is 0 Å². The van der Waals surface area contributed by atoms with E-state index in [-0.39, 0.29) is 18.2 Å². The molecule has 2 aromatic heterocycles. The molecule has 0 radical (unpaired) electrons. The van der Waals surface area contributed by atoms with Crippen LogP contribution < -0.4 is 10.2 Å². The van der Waals surface area contributed by atoms with Crippen LogP contribution in [0.1, 0.15) is 39.1 Å². The van der Waals surface area contributed by atoms with Crippen LogP contribution in [0.2, 0.25) is 0 Å². The van der Waals surface area contributed by atoms with Gasteiger partial charge in [0, 0.05) is 17.1 Å². The van der Waals surface area contributed by atoms with E-state index in [0.717, 1.165) is 21.6 Å². The van der Waals surface area contributed by atoms with E-state index in [1.807, 2.05) is 92.9 Å². The van der Waals surface area contributed by atoms with Crippen LogP contribution in [0.4, 0.5) is 5.69 Å². The highest BCUT2D eigenvalue weighted by atomic mass is 32.1. The number of hydrogen-bond donors (Lipinski definition) is 1. The lowest BCUT2D eigenvalue weighted by Crippen LogP contribution is -2.45. The van der Waals surface area contributed by atoms with Gasteiger partial charge in [0.05, 0.1) is 6.42 Å². The fourth-order valence-electron chi connectivity index (χ4n) is 4.11. The number of carbonyl (C=O) groups is 2. The summed E-state index contributed by atoms with van der Waals surface area (Å²) in [5.41, 5.74) is 3.86. The van der Waals surface area contributed by atoms with Crippen molar-refractivity contribution in [3.05, 3.63) is 111 Å². The van der Waals surface area contributed by atoms with E-state index in [1.165, 1.54) is 11.3 Å². The molecule has 1 N–H and O–H groups in total. The van der Waals surface area contributed by atoms with Gasteiger partial charge in [0.1, 0.15) is 11.5 Å². The molecule has 35 heavy (non-hydrogen) atoms. The predicted octanol–water partition coefficient (Wildman–Crippen LogP) is 5.94. The Morgan fingerprint density at radius 3 is 2.43 bits per heavy atom. The standard InChI is InChI=1S/C29H30N2O3S/c1-20-9-7-13-25(22(20)3)31(27(32)19-24-12-8-18-35-24)28(26-15-14-21(2)34-26)29(33)30-17-16-23-10-5-4-6-11-23/h4-15,18,28H,16-17,19H2,1-3H3,(H,30,33)/t28-/m1/s1. The largest absolute Gasteiger partial charge is 0.464 e. The summed E-state index contributed by atoms with van der Waals surface area (Å²) in [6, 6.07) is 22.4. The molecule has 0 fully saturated rings. The van der Waals surface area contributed by atoms with Crippen molar-refractivity contribution in [2.24, 2.45) is 0 Å². The second-order valence-corrected chi connectivity index (χ2v) is 9.65. The van der Waals surface area contributed by atoms with Crippen LogP contribution in [-0.4, -0.2) is 18.4 Å². The molecule has 4 aromatic rings. The number of nitrogens with one attached hydrogen (secondary N) is 1. The Bertz CT molecular complexity index is 1280. The number of aryl methyl sites for hydroxylation is 2. The smallest absolute Gasteiger partial charge is 0.251 e. The second kappa shape index (κ2) is 11.2. The van der Waals surface area contributed by atoms with Crippen molar-refractivity contribution in [3.8, 4) is 0 Å². The third kappa shape index (κ3) is 5.89. The minimum Gasteiger partial charge on any atom is -0.464 e. The minimum atomic E-state index is -0.924. The highest BCUT2D eigenvalue weighted by Crippen LogP contribution is 2.33. The number of benzene rings is 2. The van der Waals surface area contributed by atoms with Crippen molar-refractivity contribution in [2.75, 3.05) is 11.4 Å². The van der Waals surface area contributed by atoms with Crippen LogP contribution in [0.5, 0.6) is 0 Å². The minimum absolute atomic E-state index is 0.154. The van der Waals surface area contributed by atoms with Gasteiger partial charge in [-0.3, -0.25) is 14.5 Å². The van der Waals surface area contributed by atoms with Gasteiger partial charge in [0.2, 0.25) is 5.91 Å². The normalized spacial score (nSPS) is 11.7. The third-order valence-corrected chi connectivity index (χ3v) is 6.98. The van der Waals surface area contributed by atoms with Gasteiger partial charge in [-0.25, -0.2) is 0 Å². The lowest BCUT2D eigenvalue weighted by atomic mass is 10.0. The molecule has 2 aromatic carbocycles. The van der Waals surface area contributed by atoms with E-state index in [2.05, 4.69) is 5.32 Å². The summed E-state index contributed by atoms with van der Waals surface area (Å²) in [5.74, 6) is 0.711. The maximum atomic E-state index is 13.8. The van der Waals surface area contributed by atoms with Crippen molar-refractivity contribution in [1.82, 2.24) is 5.32 Å². The zero-order valence-corrected chi connectivity index (χ0v) is 21.1. The summed E-state index contributed by atoms with van der Waals surface area (Å²) in [4.78, 5) is 30.1. The molecule has 0 bridgehead atoms. The van der Waals surface area contributed by atoms with Crippen molar-refractivity contribution < 1.29 is 14.0 Å². The Morgan fingerprint density at radius 2 is 1.74 bits per heavy atom. The van der Waals surface area contributed by atoms with Crippen molar-refractivity contribution in [1.29, 1.82) is 0 Å². The lowest BCUT2D eigenvalue weighted by Gasteiger charge is -2.31. The Hall–Kier alpha value is -3.64. The van der Waals surface area contributed by atoms with Gasteiger partial charge in [0.15, 0.2) is 6.04 Å². The quantitative estimate of drug-likeness (QED) is 0.318. The Balaban J connectivity index is 1.69. The number of furan rings is 1. The predicted molar refractivity (Wildman–Crippen MR) is 141 cm³/mol. The molecule has 6 heteroatoms. The average molecular weight is 487 g/mol. The Morgan fingerprint density at radius 1 is 0.943 bits per heavy atom. The molecule has 0 aliphatic carbocycles. The highest BCUT2D eigenvalue weighted by molar-refractivity contribution is 7.10. The van der Waals surface area contributed by atoms with E-state index in [4.69, 9.17) is 4.42 Å². The SMILES string of the molecule is Cc1ccc([C@H](C(=O)NCCc2ccccc2)N(C(=O)Cc2cccs2)c2cccc(C)c2C)o1. The van der Waals surface area contributed by atoms with Crippen molar-refractivity contribution in [2.45, 2.75) is 39.7 Å². The molecule has 1 atom stereocenters. The van der Waals surface area contributed by atoms with Crippen LogP contribution in [0.25, 0.3) is 0 Å². The number of hydrogen-bond acceptors (Lipinski definition) is 4. The van der Waals surface area contributed by atoms with Gasteiger partial charge in [0.25, 0.3) is 5.91 Å². The molecular formula is C29H30N2O3S. The molecule has 5 nitrogen and oxygen atoms in total. The molecule has 180 valence electrons. The topological polar surface area (TPSA) is 62.6 Å². The van der Waals surface area contributed by atoms with Crippen molar-refractivity contribution in [3.63, 3.8) is 0 Å². The van der Waals surface area contributed by atoms with Gasteiger partial charge in [-0.2, -0.15) is 0 Å². The van der Waals surface area contributed by atoms with Crippen LogP contribution >= 0.6 is 11.3 Å². The number of thiophene rings is 1. The summed E-state index contributed by atoms with van der Waals surface area (Å²) in [6.45, 7) is 6.28. The maximum Gasteiger partial charge on any atom is 0.251 e. The molecule has 0 spiro atoms. The zero-order valence-electron chi connectivity index (χ0n) is 20.3. The monoisotopic (exact) mass is 486 g/mol. The highest BCUT2D eigenvalue weighted by Gasteiger charge is 2.36. The van der Waals surface area contributed by atoms with Gasteiger partial charge in [-0.15, -0.1) is 11.3 Å².